The molecular formula is C21H31IN4O2S2. The topological polar surface area (TPSA) is 67.8 Å². The highest BCUT2D eigenvalue weighted by molar-refractivity contribution is 14.0. The van der Waals surface area contributed by atoms with Crippen LogP contribution in [0, 0.1) is 6.92 Å². The molecule has 3 rings (SSSR count). The first kappa shape index (κ1) is 25.2. The molecule has 0 saturated carbocycles. The van der Waals surface area contributed by atoms with Crippen LogP contribution in [0.4, 0.5) is 0 Å². The molecule has 166 valence electrons. The lowest BCUT2D eigenvalue weighted by molar-refractivity contribution is 0.0676. The molecule has 2 N–H and O–H groups in total. The smallest absolute Gasteiger partial charge is 0.191 e. The van der Waals surface area contributed by atoms with Crippen molar-refractivity contribution >= 4 is 53.0 Å². The number of ether oxygens (including phenoxy) is 2. The van der Waals surface area contributed by atoms with Crippen LogP contribution in [0.5, 0.6) is 5.75 Å². The number of hydrogen-bond donors (Lipinski definition) is 2. The molecule has 0 bridgehead atoms. The predicted molar refractivity (Wildman–Crippen MR) is 137 cm³/mol. The maximum atomic E-state index is 6.08. The largest absolute Gasteiger partial charge is 0.491 e. The average Bonchev–Trinajstić information content (AvgIpc) is 3.43. The van der Waals surface area contributed by atoms with Crippen LogP contribution in [0.3, 0.4) is 0 Å². The van der Waals surface area contributed by atoms with Gasteiger partial charge in [0.05, 0.1) is 6.10 Å². The fraction of sp³-hybridized carbons (Fsp3) is 0.524. The molecule has 9 heteroatoms. The van der Waals surface area contributed by atoms with Crippen LogP contribution in [0.15, 0.2) is 39.1 Å². The van der Waals surface area contributed by atoms with Crippen LogP contribution >= 0.6 is 47.1 Å². The van der Waals surface area contributed by atoms with Crippen LogP contribution in [-0.2, 0) is 11.3 Å². The maximum Gasteiger partial charge on any atom is 0.191 e. The van der Waals surface area contributed by atoms with Crippen molar-refractivity contribution in [3.05, 3.63) is 40.9 Å². The molecule has 1 aromatic carbocycles. The fourth-order valence-corrected chi connectivity index (χ4v) is 4.67. The summed E-state index contributed by atoms with van der Waals surface area (Å²) in [5, 5.41) is 8.77. The van der Waals surface area contributed by atoms with Crippen LogP contribution in [0.2, 0.25) is 0 Å². The summed E-state index contributed by atoms with van der Waals surface area (Å²) in [5.74, 6) is 2.76. The quantitative estimate of drug-likeness (QED) is 0.147. The van der Waals surface area contributed by atoms with Crippen LogP contribution in [-0.4, -0.2) is 49.6 Å². The van der Waals surface area contributed by atoms with E-state index in [1.54, 1.807) is 30.1 Å². The Balaban J connectivity index is 0.00000320. The van der Waals surface area contributed by atoms with E-state index in [0.717, 1.165) is 59.8 Å². The molecule has 0 amide bonds. The van der Waals surface area contributed by atoms with Crippen molar-refractivity contribution < 1.29 is 9.47 Å². The zero-order valence-electron chi connectivity index (χ0n) is 17.6. The first-order chi connectivity index (χ1) is 14.2. The van der Waals surface area contributed by atoms with Crippen molar-refractivity contribution in [2.75, 3.05) is 32.6 Å². The number of aliphatic imine (C=N–C) groups is 1. The van der Waals surface area contributed by atoms with E-state index in [0.29, 0.717) is 13.2 Å². The molecule has 2 aromatic rings. The highest BCUT2D eigenvalue weighted by atomic mass is 127. The van der Waals surface area contributed by atoms with Gasteiger partial charge in [0, 0.05) is 49.6 Å². The van der Waals surface area contributed by atoms with E-state index < -0.39 is 0 Å². The van der Waals surface area contributed by atoms with Crippen molar-refractivity contribution in [1.82, 2.24) is 15.6 Å². The van der Waals surface area contributed by atoms with Crippen molar-refractivity contribution in [3.63, 3.8) is 0 Å². The molecule has 1 aliphatic rings. The molecule has 0 aliphatic carbocycles. The number of halogens is 1. The minimum atomic E-state index is 0. The van der Waals surface area contributed by atoms with E-state index in [9.17, 15) is 0 Å². The highest BCUT2D eigenvalue weighted by Gasteiger charge is 2.17. The Hall–Kier alpha value is -1.04. The minimum absolute atomic E-state index is 0. The van der Waals surface area contributed by atoms with Gasteiger partial charge in [0.15, 0.2) is 5.96 Å². The average molecular weight is 563 g/mol. The second-order valence-electron chi connectivity index (χ2n) is 6.91. The Kier molecular flexibility index (Phi) is 11.9. The van der Waals surface area contributed by atoms with Gasteiger partial charge < -0.3 is 20.1 Å². The molecule has 6 nitrogen and oxygen atoms in total. The number of benzene rings is 1. The Bertz CT molecular complexity index is 768. The molecule has 1 saturated heterocycles. The van der Waals surface area contributed by atoms with E-state index in [1.807, 2.05) is 11.6 Å². The second-order valence-corrected chi connectivity index (χ2v) is 9.15. The van der Waals surface area contributed by atoms with Crippen LogP contribution in [0.1, 0.15) is 30.4 Å². The monoisotopic (exact) mass is 562 g/mol. The van der Waals surface area contributed by atoms with Gasteiger partial charge in [0.1, 0.15) is 16.7 Å². The van der Waals surface area contributed by atoms with Gasteiger partial charge in [-0.3, -0.25) is 4.99 Å². The summed E-state index contributed by atoms with van der Waals surface area (Å²) in [7, 11) is 1.80. The third-order valence-corrected chi connectivity index (χ3v) is 6.64. The van der Waals surface area contributed by atoms with E-state index in [2.05, 4.69) is 45.7 Å². The minimum Gasteiger partial charge on any atom is -0.491 e. The summed E-state index contributed by atoms with van der Waals surface area (Å²) in [6, 6.07) is 6.32. The summed E-state index contributed by atoms with van der Waals surface area (Å²) in [6.45, 7) is 5.07. The molecule has 0 radical (unpaired) electrons. The number of thioether (sulfide) groups is 1. The highest BCUT2D eigenvalue weighted by Crippen LogP contribution is 2.22. The van der Waals surface area contributed by atoms with E-state index in [-0.39, 0.29) is 30.1 Å². The molecule has 1 aliphatic heterocycles. The summed E-state index contributed by atoms with van der Waals surface area (Å²) in [6.07, 6.45) is 5.32. The lowest BCUT2D eigenvalue weighted by atomic mass is 10.1. The van der Waals surface area contributed by atoms with Crippen molar-refractivity contribution in [2.24, 2.45) is 4.99 Å². The van der Waals surface area contributed by atoms with Crippen LogP contribution < -0.4 is 15.4 Å². The number of nitrogens with one attached hydrogen (secondary N) is 2. The molecule has 1 unspecified atom stereocenters. The third-order valence-electron chi connectivity index (χ3n) is 4.59. The lowest BCUT2D eigenvalue weighted by Gasteiger charge is -2.17. The maximum absolute atomic E-state index is 6.08. The Morgan fingerprint density at radius 2 is 2.30 bits per heavy atom. The van der Waals surface area contributed by atoms with Crippen molar-refractivity contribution in [3.8, 4) is 5.75 Å². The first-order valence-electron chi connectivity index (χ1n) is 10.1. The molecule has 0 spiro atoms. The molecule has 2 heterocycles. The Morgan fingerprint density at radius 1 is 1.40 bits per heavy atom. The zero-order valence-corrected chi connectivity index (χ0v) is 21.5. The van der Waals surface area contributed by atoms with Crippen molar-refractivity contribution in [2.45, 2.75) is 43.2 Å². The van der Waals surface area contributed by atoms with Crippen LogP contribution in [0.25, 0.3) is 0 Å². The number of thiazole rings is 1. The number of hydrogen-bond acceptors (Lipinski definition) is 6. The lowest BCUT2D eigenvalue weighted by Crippen LogP contribution is -2.37. The molecule has 30 heavy (non-hydrogen) atoms. The van der Waals surface area contributed by atoms with E-state index in [1.165, 1.54) is 5.56 Å². The summed E-state index contributed by atoms with van der Waals surface area (Å²) in [5.41, 5.74) is 2.31. The number of aromatic nitrogens is 1. The number of nitrogens with zero attached hydrogens (tertiary/aromatic N) is 2. The number of aryl methyl sites for hydroxylation is 1. The van der Waals surface area contributed by atoms with Gasteiger partial charge in [0.2, 0.25) is 0 Å². The Morgan fingerprint density at radius 3 is 3.03 bits per heavy atom. The van der Waals surface area contributed by atoms with E-state index in [4.69, 9.17) is 9.47 Å². The molecular weight excluding hydrogens is 531 g/mol. The number of rotatable bonds is 10. The number of guanidine groups is 1. The summed E-state index contributed by atoms with van der Waals surface area (Å²) in [4.78, 5) is 8.61. The SMILES string of the molecule is CN=C(NCCCSc1nccs1)NCc1ccc(C)cc1OCC1CCCO1.I. The third kappa shape index (κ3) is 8.60. The van der Waals surface area contributed by atoms with Gasteiger partial charge in [-0.05, 0) is 37.8 Å². The van der Waals surface area contributed by atoms with Gasteiger partial charge in [-0.15, -0.1) is 35.3 Å². The zero-order chi connectivity index (χ0) is 20.3. The molecule has 1 fully saturated rings. The fourth-order valence-electron chi connectivity index (χ4n) is 3.02. The first-order valence-corrected chi connectivity index (χ1v) is 11.9. The van der Waals surface area contributed by atoms with Gasteiger partial charge in [-0.1, -0.05) is 23.9 Å². The normalized spacial score (nSPS) is 16.2. The summed E-state index contributed by atoms with van der Waals surface area (Å²) >= 11 is 3.48. The van der Waals surface area contributed by atoms with Crippen molar-refractivity contribution in [1.29, 1.82) is 0 Å². The second kappa shape index (κ2) is 14.1. The van der Waals surface area contributed by atoms with Gasteiger partial charge in [-0.2, -0.15) is 0 Å². The van der Waals surface area contributed by atoms with Gasteiger partial charge in [0.25, 0.3) is 0 Å². The van der Waals surface area contributed by atoms with Gasteiger partial charge in [-0.25, -0.2) is 4.98 Å². The Labute approximate surface area is 204 Å². The molecule has 1 atom stereocenters. The van der Waals surface area contributed by atoms with Gasteiger partial charge >= 0.3 is 0 Å². The summed E-state index contributed by atoms with van der Waals surface area (Å²) < 4.78 is 12.9. The van der Waals surface area contributed by atoms with E-state index >= 15 is 0 Å². The standard InChI is InChI=1S/C21H30N4O2S2.HI/c1-16-6-7-17(19(13-16)27-15-18-5-3-10-26-18)14-25-20(22-2)23-8-4-11-28-21-24-9-12-29-21;/h6-7,9,12-13,18H,3-5,8,10-11,14-15H2,1-2H3,(H2,22,23,25);1H. The molecule has 1 aromatic heterocycles. The predicted octanol–water partition coefficient (Wildman–Crippen LogP) is 4.47.